The zero-order valence-corrected chi connectivity index (χ0v) is 11.3. The topological polar surface area (TPSA) is 60.2 Å². The van der Waals surface area contributed by atoms with Gasteiger partial charge in [0, 0.05) is 12.4 Å². The fraction of sp³-hybridized carbons (Fsp3) is 0.267. The first-order valence-electron chi connectivity index (χ1n) is 6.24. The van der Waals surface area contributed by atoms with Gasteiger partial charge in [0.15, 0.2) is 0 Å². The summed E-state index contributed by atoms with van der Waals surface area (Å²) in [5, 5.41) is 0. The largest absolute Gasteiger partial charge is 0.496 e. The third-order valence-electron chi connectivity index (χ3n) is 3.15. The summed E-state index contributed by atoms with van der Waals surface area (Å²) in [6, 6.07) is 10.1. The lowest BCUT2D eigenvalue weighted by molar-refractivity contribution is 0.405. The maximum Gasteiger partial charge on any atom is 0.122 e. The maximum absolute atomic E-state index is 5.66. The first-order valence-corrected chi connectivity index (χ1v) is 6.24. The standard InChI is InChI=1S/C15H19N3O/c1-11-5-6-15(19-2)13(8-11)9-14(18-16)12-4-3-7-17-10-12/h3-8,10,14,18H,9,16H2,1-2H3. The number of hydrogen-bond donors (Lipinski definition) is 2. The molecule has 4 nitrogen and oxygen atoms in total. The minimum absolute atomic E-state index is 0.0180. The highest BCUT2D eigenvalue weighted by atomic mass is 16.5. The van der Waals surface area contributed by atoms with E-state index >= 15 is 0 Å². The van der Waals surface area contributed by atoms with E-state index in [4.69, 9.17) is 10.6 Å². The van der Waals surface area contributed by atoms with Crippen LogP contribution in [0, 0.1) is 6.92 Å². The number of methoxy groups -OCH3 is 1. The van der Waals surface area contributed by atoms with Gasteiger partial charge in [0.1, 0.15) is 5.75 Å². The third kappa shape index (κ3) is 3.30. The Balaban J connectivity index is 2.26. The predicted molar refractivity (Wildman–Crippen MR) is 75.7 cm³/mol. The van der Waals surface area contributed by atoms with Crippen LogP contribution in [0.15, 0.2) is 42.7 Å². The highest BCUT2D eigenvalue weighted by molar-refractivity contribution is 5.38. The van der Waals surface area contributed by atoms with Crippen molar-refractivity contribution in [3.8, 4) is 5.75 Å². The van der Waals surface area contributed by atoms with Crippen molar-refractivity contribution < 1.29 is 4.74 Å². The number of aryl methyl sites for hydroxylation is 1. The van der Waals surface area contributed by atoms with Crippen molar-refractivity contribution >= 4 is 0 Å². The number of nitrogens with one attached hydrogen (secondary N) is 1. The van der Waals surface area contributed by atoms with E-state index in [-0.39, 0.29) is 6.04 Å². The first-order chi connectivity index (χ1) is 9.24. The molecule has 1 heterocycles. The van der Waals surface area contributed by atoms with Crippen molar-refractivity contribution in [2.45, 2.75) is 19.4 Å². The molecule has 2 rings (SSSR count). The summed E-state index contributed by atoms with van der Waals surface area (Å²) < 4.78 is 5.40. The maximum atomic E-state index is 5.66. The number of hydrogen-bond acceptors (Lipinski definition) is 4. The normalized spacial score (nSPS) is 12.2. The molecular formula is C15H19N3O. The van der Waals surface area contributed by atoms with Crippen molar-refractivity contribution in [1.29, 1.82) is 0 Å². The van der Waals surface area contributed by atoms with E-state index in [2.05, 4.69) is 23.4 Å². The monoisotopic (exact) mass is 257 g/mol. The number of benzene rings is 1. The number of nitrogens with two attached hydrogens (primary N) is 1. The van der Waals surface area contributed by atoms with E-state index in [0.29, 0.717) is 0 Å². The number of hydrazine groups is 1. The molecule has 0 aliphatic rings. The molecule has 100 valence electrons. The molecule has 1 aromatic heterocycles. The molecule has 0 spiro atoms. The van der Waals surface area contributed by atoms with Crippen LogP contribution in [0.3, 0.4) is 0 Å². The van der Waals surface area contributed by atoms with Gasteiger partial charge in [-0.15, -0.1) is 0 Å². The first kappa shape index (κ1) is 13.5. The Morgan fingerprint density at radius 1 is 1.37 bits per heavy atom. The van der Waals surface area contributed by atoms with Crippen molar-refractivity contribution in [2.24, 2.45) is 5.84 Å². The molecule has 3 N–H and O–H groups in total. The summed E-state index contributed by atoms with van der Waals surface area (Å²) in [7, 11) is 1.68. The van der Waals surface area contributed by atoms with Crippen LogP contribution in [-0.4, -0.2) is 12.1 Å². The predicted octanol–water partition coefficient (Wildman–Crippen LogP) is 2.15. The Labute approximate surface area is 113 Å². The molecular weight excluding hydrogens is 238 g/mol. The lowest BCUT2D eigenvalue weighted by atomic mass is 9.99. The van der Waals surface area contributed by atoms with Crippen LogP contribution in [0.2, 0.25) is 0 Å². The van der Waals surface area contributed by atoms with E-state index in [9.17, 15) is 0 Å². The fourth-order valence-corrected chi connectivity index (χ4v) is 2.14. The summed E-state index contributed by atoms with van der Waals surface area (Å²) in [6.45, 7) is 2.07. The van der Waals surface area contributed by atoms with Crippen molar-refractivity contribution in [2.75, 3.05) is 7.11 Å². The zero-order valence-electron chi connectivity index (χ0n) is 11.3. The molecule has 0 radical (unpaired) electrons. The van der Waals surface area contributed by atoms with Crippen molar-refractivity contribution in [3.05, 3.63) is 59.4 Å². The SMILES string of the molecule is COc1ccc(C)cc1CC(NN)c1cccnc1. The van der Waals surface area contributed by atoms with Crippen LogP contribution < -0.4 is 16.0 Å². The van der Waals surface area contributed by atoms with Gasteiger partial charge in [0.25, 0.3) is 0 Å². The molecule has 19 heavy (non-hydrogen) atoms. The highest BCUT2D eigenvalue weighted by Gasteiger charge is 2.13. The Kier molecular flexibility index (Phi) is 4.49. The molecule has 4 heteroatoms. The highest BCUT2D eigenvalue weighted by Crippen LogP contribution is 2.25. The summed E-state index contributed by atoms with van der Waals surface area (Å²) in [5.74, 6) is 6.55. The lowest BCUT2D eigenvalue weighted by Crippen LogP contribution is -2.29. The number of nitrogens with zero attached hydrogens (tertiary/aromatic N) is 1. The van der Waals surface area contributed by atoms with Gasteiger partial charge in [-0.05, 0) is 36.6 Å². The number of rotatable bonds is 5. The summed E-state index contributed by atoms with van der Waals surface area (Å²) in [6.07, 6.45) is 4.34. The average Bonchev–Trinajstić information content (AvgIpc) is 2.46. The van der Waals surface area contributed by atoms with E-state index in [1.54, 1.807) is 13.3 Å². The van der Waals surface area contributed by atoms with Gasteiger partial charge in [-0.3, -0.25) is 16.3 Å². The molecule has 0 aliphatic carbocycles. The van der Waals surface area contributed by atoms with Gasteiger partial charge in [-0.1, -0.05) is 23.8 Å². The van der Waals surface area contributed by atoms with Gasteiger partial charge >= 0.3 is 0 Å². The fourth-order valence-electron chi connectivity index (χ4n) is 2.14. The Bertz CT molecular complexity index is 528. The second-order valence-corrected chi connectivity index (χ2v) is 4.53. The molecule has 0 amide bonds. The Morgan fingerprint density at radius 2 is 2.21 bits per heavy atom. The van der Waals surface area contributed by atoms with Gasteiger partial charge < -0.3 is 4.74 Å². The number of ether oxygens (including phenoxy) is 1. The molecule has 1 aromatic carbocycles. The second kappa shape index (κ2) is 6.31. The molecule has 0 saturated carbocycles. The minimum atomic E-state index is 0.0180. The second-order valence-electron chi connectivity index (χ2n) is 4.53. The van der Waals surface area contributed by atoms with Gasteiger partial charge in [-0.2, -0.15) is 0 Å². The molecule has 0 bridgehead atoms. The quantitative estimate of drug-likeness (QED) is 0.636. The molecule has 0 fully saturated rings. The lowest BCUT2D eigenvalue weighted by Gasteiger charge is -2.18. The van der Waals surface area contributed by atoms with Crippen LogP contribution in [-0.2, 0) is 6.42 Å². The van der Waals surface area contributed by atoms with Crippen molar-refractivity contribution in [1.82, 2.24) is 10.4 Å². The van der Waals surface area contributed by atoms with Crippen LogP contribution in [0.5, 0.6) is 5.75 Å². The molecule has 1 unspecified atom stereocenters. The Hall–Kier alpha value is -1.91. The smallest absolute Gasteiger partial charge is 0.122 e. The average molecular weight is 257 g/mol. The van der Waals surface area contributed by atoms with Gasteiger partial charge in [-0.25, -0.2) is 0 Å². The van der Waals surface area contributed by atoms with E-state index in [0.717, 1.165) is 23.3 Å². The summed E-state index contributed by atoms with van der Waals surface area (Å²) in [4.78, 5) is 4.13. The van der Waals surface area contributed by atoms with Crippen LogP contribution >= 0.6 is 0 Å². The van der Waals surface area contributed by atoms with E-state index in [1.807, 2.05) is 30.5 Å². The summed E-state index contributed by atoms with van der Waals surface area (Å²) >= 11 is 0. The minimum Gasteiger partial charge on any atom is -0.496 e. The van der Waals surface area contributed by atoms with E-state index < -0.39 is 0 Å². The van der Waals surface area contributed by atoms with Gasteiger partial charge in [0.05, 0.1) is 13.2 Å². The number of aromatic nitrogens is 1. The van der Waals surface area contributed by atoms with Crippen LogP contribution in [0.1, 0.15) is 22.7 Å². The molecule has 2 aromatic rings. The van der Waals surface area contributed by atoms with E-state index in [1.165, 1.54) is 5.56 Å². The number of pyridine rings is 1. The van der Waals surface area contributed by atoms with Crippen molar-refractivity contribution in [3.63, 3.8) is 0 Å². The zero-order chi connectivity index (χ0) is 13.7. The third-order valence-corrected chi connectivity index (χ3v) is 3.15. The molecule has 1 atom stereocenters. The molecule has 0 saturated heterocycles. The van der Waals surface area contributed by atoms with Crippen LogP contribution in [0.25, 0.3) is 0 Å². The van der Waals surface area contributed by atoms with Gasteiger partial charge in [0.2, 0.25) is 0 Å². The summed E-state index contributed by atoms with van der Waals surface area (Å²) in [5.41, 5.74) is 6.25. The van der Waals surface area contributed by atoms with Crippen LogP contribution in [0.4, 0.5) is 0 Å². The molecule has 0 aliphatic heterocycles. The Morgan fingerprint density at radius 3 is 2.84 bits per heavy atom.